The maximum atomic E-state index is 13.2. The van der Waals surface area contributed by atoms with Crippen molar-refractivity contribution in [1.29, 1.82) is 0 Å². The zero-order valence-electron chi connectivity index (χ0n) is 17.8. The molecule has 0 aliphatic rings. The molecule has 0 spiro atoms. The van der Waals surface area contributed by atoms with Crippen LogP contribution in [0.3, 0.4) is 0 Å². The lowest BCUT2D eigenvalue weighted by molar-refractivity contribution is 0.102. The van der Waals surface area contributed by atoms with Crippen molar-refractivity contribution in [2.45, 2.75) is 31.7 Å². The molecule has 4 aromatic rings. The number of benzene rings is 2. The number of aryl methyl sites for hydroxylation is 3. The summed E-state index contributed by atoms with van der Waals surface area (Å²) in [6.45, 7) is 5.82. The topological polar surface area (TPSA) is 85.6 Å². The molecule has 7 nitrogen and oxygen atoms in total. The van der Waals surface area contributed by atoms with Crippen LogP contribution in [-0.4, -0.2) is 30.9 Å². The van der Waals surface area contributed by atoms with E-state index >= 15 is 0 Å². The van der Waals surface area contributed by atoms with Gasteiger partial charge in [-0.3, -0.25) is 4.79 Å². The number of hydrogen-bond donors (Lipinski definition) is 1. The number of amides is 1. The Kier molecular flexibility index (Phi) is 6.66. The first kappa shape index (κ1) is 22.2. The Labute approximate surface area is 198 Å². The van der Waals surface area contributed by atoms with Gasteiger partial charge in [-0.2, -0.15) is 0 Å². The van der Waals surface area contributed by atoms with Crippen LogP contribution in [0.15, 0.2) is 64.2 Å². The molecule has 0 saturated carbocycles. The summed E-state index contributed by atoms with van der Waals surface area (Å²) in [6, 6.07) is 17.3. The average molecular weight is 509 g/mol. The van der Waals surface area contributed by atoms with Crippen LogP contribution in [0.5, 0.6) is 0 Å². The molecule has 0 unspecified atom stereocenters. The summed E-state index contributed by atoms with van der Waals surface area (Å²) >= 11 is 4.90. The van der Waals surface area contributed by atoms with E-state index in [2.05, 4.69) is 41.5 Å². The number of hydrogen-bond acceptors (Lipinski definition) is 6. The van der Waals surface area contributed by atoms with Crippen LogP contribution in [0.4, 0.5) is 5.69 Å². The van der Waals surface area contributed by atoms with E-state index in [0.29, 0.717) is 16.6 Å². The standard InChI is InChI=1S/C23H21BrN6OS/c1-14-11-17(24)9-10-19(14)27-22(31)21-20(13-32-23-25-15(2)12-16(3)26-23)30(29-28-21)18-7-5-4-6-8-18/h4-12H,13H2,1-3H3,(H,27,31). The molecule has 0 saturated heterocycles. The van der Waals surface area contributed by atoms with E-state index in [-0.39, 0.29) is 11.6 Å². The monoisotopic (exact) mass is 508 g/mol. The van der Waals surface area contributed by atoms with Crippen molar-refractivity contribution in [3.63, 3.8) is 0 Å². The van der Waals surface area contributed by atoms with Crippen LogP contribution in [-0.2, 0) is 5.75 Å². The fourth-order valence-corrected chi connectivity index (χ4v) is 4.64. The minimum atomic E-state index is -0.311. The highest BCUT2D eigenvalue weighted by Gasteiger charge is 2.22. The van der Waals surface area contributed by atoms with Crippen molar-refractivity contribution in [2.24, 2.45) is 0 Å². The Hall–Kier alpha value is -3.04. The number of anilines is 1. The lowest BCUT2D eigenvalue weighted by Gasteiger charge is -2.10. The molecule has 4 rings (SSSR count). The van der Waals surface area contributed by atoms with Crippen molar-refractivity contribution in [2.75, 3.05) is 5.32 Å². The highest BCUT2D eigenvalue weighted by Crippen LogP contribution is 2.25. The normalized spacial score (nSPS) is 10.9. The number of thioether (sulfide) groups is 1. The second-order valence-corrected chi connectivity index (χ2v) is 9.13. The van der Waals surface area contributed by atoms with Crippen LogP contribution in [0.2, 0.25) is 0 Å². The van der Waals surface area contributed by atoms with Crippen molar-refractivity contribution < 1.29 is 4.79 Å². The Morgan fingerprint density at radius 1 is 1.03 bits per heavy atom. The minimum Gasteiger partial charge on any atom is -0.320 e. The zero-order chi connectivity index (χ0) is 22.7. The van der Waals surface area contributed by atoms with Crippen molar-refractivity contribution in [3.05, 3.63) is 87.4 Å². The van der Waals surface area contributed by atoms with Gasteiger partial charge in [-0.15, -0.1) is 5.10 Å². The molecular weight excluding hydrogens is 488 g/mol. The number of rotatable bonds is 6. The van der Waals surface area contributed by atoms with Crippen molar-refractivity contribution >= 4 is 39.3 Å². The van der Waals surface area contributed by atoms with Crippen molar-refractivity contribution in [3.8, 4) is 5.69 Å². The smallest absolute Gasteiger partial charge is 0.278 e. The predicted octanol–water partition coefficient (Wildman–Crippen LogP) is 5.29. The molecule has 162 valence electrons. The first-order valence-electron chi connectivity index (χ1n) is 9.93. The van der Waals surface area contributed by atoms with Gasteiger partial charge in [0.2, 0.25) is 0 Å². The number of para-hydroxylation sites is 1. The van der Waals surface area contributed by atoms with E-state index < -0.39 is 0 Å². The first-order valence-corrected chi connectivity index (χ1v) is 11.7. The predicted molar refractivity (Wildman–Crippen MR) is 129 cm³/mol. The lowest BCUT2D eigenvalue weighted by Crippen LogP contribution is -2.16. The molecule has 1 amide bonds. The molecule has 0 aliphatic carbocycles. The molecule has 0 radical (unpaired) electrons. The summed E-state index contributed by atoms with van der Waals surface area (Å²) in [4.78, 5) is 22.1. The highest BCUT2D eigenvalue weighted by atomic mass is 79.9. The second-order valence-electron chi connectivity index (χ2n) is 7.27. The molecule has 32 heavy (non-hydrogen) atoms. The summed E-state index contributed by atoms with van der Waals surface area (Å²) in [5.41, 5.74) is 5.25. The van der Waals surface area contributed by atoms with Gasteiger partial charge in [0, 0.05) is 27.3 Å². The molecule has 1 N–H and O–H groups in total. The van der Waals surface area contributed by atoms with Gasteiger partial charge in [0.15, 0.2) is 10.9 Å². The maximum absolute atomic E-state index is 13.2. The van der Waals surface area contributed by atoms with Gasteiger partial charge in [0.05, 0.1) is 11.4 Å². The summed E-state index contributed by atoms with van der Waals surface area (Å²) in [5.74, 6) is 0.127. The van der Waals surface area contributed by atoms with Crippen LogP contribution in [0.25, 0.3) is 5.69 Å². The van der Waals surface area contributed by atoms with Gasteiger partial charge in [-0.25, -0.2) is 14.6 Å². The third-order valence-corrected chi connectivity index (χ3v) is 6.07. The second kappa shape index (κ2) is 9.62. The van der Waals surface area contributed by atoms with Gasteiger partial charge in [-0.05, 0) is 62.7 Å². The SMILES string of the molecule is Cc1cc(C)nc(SCc2c(C(=O)Nc3ccc(Br)cc3C)nnn2-c2ccccc2)n1. The van der Waals surface area contributed by atoms with E-state index in [1.54, 1.807) is 4.68 Å². The van der Waals surface area contributed by atoms with Crippen LogP contribution in [0.1, 0.15) is 33.1 Å². The number of carbonyl (C=O) groups is 1. The number of halogens is 1. The van der Waals surface area contributed by atoms with E-state index in [9.17, 15) is 4.79 Å². The lowest BCUT2D eigenvalue weighted by atomic mass is 10.2. The maximum Gasteiger partial charge on any atom is 0.278 e. The Morgan fingerprint density at radius 2 is 1.75 bits per heavy atom. The van der Waals surface area contributed by atoms with E-state index in [1.165, 1.54) is 11.8 Å². The minimum absolute atomic E-state index is 0.271. The molecule has 0 bridgehead atoms. The molecule has 2 aromatic carbocycles. The largest absolute Gasteiger partial charge is 0.320 e. The van der Waals surface area contributed by atoms with Gasteiger partial charge in [0.25, 0.3) is 5.91 Å². The molecule has 9 heteroatoms. The van der Waals surface area contributed by atoms with Gasteiger partial charge in [-0.1, -0.05) is 51.1 Å². The average Bonchev–Trinajstić information content (AvgIpc) is 3.18. The number of nitrogens with zero attached hydrogens (tertiary/aromatic N) is 5. The molecular formula is C23H21BrN6OS. The van der Waals surface area contributed by atoms with Crippen molar-refractivity contribution in [1.82, 2.24) is 25.0 Å². The number of aromatic nitrogens is 5. The molecule has 2 aromatic heterocycles. The highest BCUT2D eigenvalue weighted by molar-refractivity contribution is 9.10. The van der Waals surface area contributed by atoms with Crippen LogP contribution in [0, 0.1) is 20.8 Å². The Morgan fingerprint density at radius 3 is 2.44 bits per heavy atom. The first-order chi connectivity index (χ1) is 15.4. The molecule has 0 fully saturated rings. The molecule has 0 atom stereocenters. The molecule has 2 heterocycles. The summed E-state index contributed by atoms with van der Waals surface area (Å²) in [5, 5.41) is 12.1. The third-order valence-electron chi connectivity index (χ3n) is 4.72. The fraction of sp³-hybridized carbons (Fsp3) is 0.174. The Balaban J connectivity index is 1.67. The number of nitrogens with one attached hydrogen (secondary N) is 1. The molecule has 0 aliphatic heterocycles. The number of carbonyl (C=O) groups excluding carboxylic acids is 1. The summed E-state index contributed by atoms with van der Waals surface area (Å²) < 4.78 is 2.65. The van der Waals surface area contributed by atoms with E-state index in [4.69, 9.17) is 0 Å². The van der Waals surface area contributed by atoms with Gasteiger partial charge >= 0.3 is 0 Å². The van der Waals surface area contributed by atoms with Gasteiger partial charge in [0.1, 0.15) is 0 Å². The quantitative estimate of drug-likeness (QED) is 0.281. The summed E-state index contributed by atoms with van der Waals surface area (Å²) in [6.07, 6.45) is 0. The Bertz CT molecular complexity index is 1250. The zero-order valence-corrected chi connectivity index (χ0v) is 20.2. The third kappa shape index (κ3) is 5.05. The fourth-order valence-electron chi connectivity index (χ4n) is 3.22. The van der Waals surface area contributed by atoms with Gasteiger partial charge < -0.3 is 5.32 Å². The van der Waals surface area contributed by atoms with E-state index in [1.807, 2.05) is 75.4 Å². The van der Waals surface area contributed by atoms with E-state index in [0.717, 1.165) is 32.8 Å². The van der Waals surface area contributed by atoms with Crippen LogP contribution < -0.4 is 5.32 Å². The summed E-state index contributed by atoms with van der Waals surface area (Å²) in [7, 11) is 0. The van der Waals surface area contributed by atoms with Crippen LogP contribution >= 0.6 is 27.7 Å².